The predicted octanol–water partition coefficient (Wildman–Crippen LogP) is 9.35. The van der Waals surface area contributed by atoms with Crippen molar-refractivity contribution in [2.75, 3.05) is 26.3 Å². The molecule has 0 amide bonds. The van der Waals surface area contributed by atoms with Gasteiger partial charge in [-0.1, -0.05) is 96.2 Å². The number of ether oxygens (including phenoxy) is 4. The number of likely N-dealkylation sites (tertiary alicyclic amines) is 1. The summed E-state index contributed by atoms with van der Waals surface area (Å²) in [6.45, 7) is 7.03. The average Bonchev–Trinajstić information content (AvgIpc) is 3.11. The number of carboxylic acids is 1. The molecule has 2 unspecified atom stereocenters. The van der Waals surface area contributed by atoms with Crippen molar-refractivity contribution in [3.05, 3.63) is 119 Å². The van der Waals surface area contributed by atoms with Crippen LogP contribution in [0.3, 0.4) is 0 Å². The Balaban J connectivity index is 0.000000191. The van der Waals surface area contributed by atoms with Crippen molar-refractivity contribution in [3.63, 3.8) is 0 Å². The van der Waals surface area contributed by atoms with Gasteiger partial charge in [-0.2, -0.15) is 0 Å². The molecule has 1 saturated heterocycles. The van der Waals surface area contributed by atoms with Gasteiger partial charge >= 0.3 is 5.97 Å². The molecule has 0 aromatic heterocycles. The highest BCUT2D eigenvalue weighted by Gasteiger charge is 2.28. The predicted molar refractivity (Wildman–Crippen MR) is 188 cm³/mol. The Morgan fingerprint density at radius 1 is 0.702 bits per heavy atom. The molecule has 0 aliphatic carbocycles. The number of para-hydroxylation sites is 4. The normalized spacial score (nSPS) is 20.1. The first-order valence-corrected chi connectivity index (χ1v) is 16.8. The maximum Gasteiger partial charge on any atom is 0.306 e. The van der Waals surface area contributed by atoms with Gasteiger partial charge in [0.2, 0.25) is 0 Å². The van der Waals surface area contributed by atoms with Crippen molar-refractivity contribution in [2.45, 2.75) is 57.2 Å². The van der Waals surface area contributed by atoms with Crippen molar-refractivity contribution < 1.29 is 28.8 Å². The zero-order valence-corrected chi connectivity index (χ0v) is 27.8. The fourth-order valence-electron chi connectivity index (χ4n) is 6.08. The topological polar surface area (TPSA) is 77.5 Å². The smallest absolute Gasteiger partial charge is 0.306 e. The molecule has 1 fully saturated rings. The van der Waals surface area contributed by atoms with Gasteiger partial charge in [-0.25, -0.2) is 0 Å². The molecule has 7 nitrogen and oxygen atoms in total. The lowest BCUT2D eigenvalue weighted by atomic mass is 9.94. The minimum Gasteiger partial charge on any atom is -0.485 e. The van der Waals surface area contributed by atoms with Crippen molar-refractivity contribution in [1.82, 2.24) is 4.90 Å². The molecule has 0 bridgehead atoms. The quantitative estimate of drug-likeness (QED) is 0.201. The van der Waals surface area contributed by atoms with E-state index in [1.54, 1.807) is 0 Å². The number of piperidine rings is 1. The molecule has 47 heavy (non-hydrogen) atoms. The fraction of sp³-hybridized carbons (Fsp3) is 0.359. The third-order valence-corrected chi connectivity index (χ3v) is 9.53. The van der Waals surface area contributed by atoms with E-state index < -0.39 is 5.97 Å². The first kappa shape index (κ1) is 34.3. The third-order valence-electron chi connectivity index (χ3n) is 9.00. The third kappa shape index (κ3) is 8.29. The molecule has 4 aromatic carbocycles. The van der Waals surface area contributed by atoms with E-state index in [0.717, 1.165) is 60.1 Å². The molecule has 4 atom stereocenters. The number of aliphatic carboxylic acids is 1. The summed E-state index contributed by atoms with van der Waals surface area (Å²) in [6.07, 6.45) is 1.32. The molecule has 0 radical (unpaired) electrons. The SMILES string of the molecule is C.CC(Br)c1ccc([C@H]2COc3ccccc3O2)cc1.CC(c1ccc([C@H]2COc3ccccc3O2)cc1)N1CCC(C(=O)O)CC1. The molecular weight excluding hydrogens is 658 g/mol. The monoisotopic (exact) mass is 701 g/mol. The lowest BCUT2D eigenvalue weighted by Gasteiger charge is -2.35. The first-order chi connectivity index (χ1) is 22.4. The highest BCUT2D eigenvalue weighted by Crippen LogP contribution is 2.38. The lowest BCUT2D eigenvalue weighted by molar-refractivity contribution is -0.143. The van der Waals surface area contributed by atoms with Crippen molar-refractivity contribution in [2.24, 2.45) is 5.92 Å². The van der Waals surface area contributed by atoms with E-state index in [4.69, 9.17) is 24.1 Å². The van der Waals surface area contributed by atoms with Crippen LogP contribution in [-0.4, -0.2) is 42.3 Å². The van der Waals surface area contributed by atoms with E-state index in [9.17, 15) is 4.79 Å². The van der Waals surface area contributed by atoms with Crippen LogP contribution in [0.4, 0.5) is 0 Å². The van der Waals surface area contributed by atoms with Gasteiger partial charge in [0.15, 0.2) is 35.2 Å². The van der Waals surface area contributed by atoms with Gasteiger partial charge in [0.1, 0.15) is 13.2 Å². The summed E-state index contributed by atoms with van der Waals surface area (Å²) in [4.78, 5) is 13.9. The van der Waals surface area contributed by atoms with E-state index in [1.807, 2.05) is 48.5 Å². The Bertz CT molecular complexity index is 1600. The second-order valence-electron chi connectivity index (χ2n) is 12.0. The molecule has 3 aliphatic rings. The number of carbonyl (C=O) groups is 1. The van der Waals surface area contributed by atoms with Gasteiger partial charge in [-0.05, 0) is 86.3 Å². The van der Waals surface area contributed by atoms with Gasteiger partial charge in [0.05, 0.1) is 5.92 Å². The number of rotatable bonds is 6. The van der Waals surface area contributed by atoms with Crippen molar-refractivity contribution >= 4 is 21.9 Å². The van der Waals surface area contributed by atoms with Crippen LogP contribution in [-0.2, 0) is 4.79 Å². The molecule has 4 aromatic rings. The largest absolute Gasteiger partial charge is 0.485 e. The number of alkyl halides is 1. The minimum atomic E-state index is -0.664. The number of halogens is 1. The Morgan fingerprint density at radius 3 is 1.55 bits per heavy atom. The highest BCUT2D eigenvalue weighted by molar-refractivity contribution is 9.09. The lowest BCUT2D eigenvalue weighted by Crippen LogP contribution is -2.37. The first-order valence-electron chi connectivity index (χ1n) is 15.9. The molecule has 0 saturated carbocycles. The Hall–Kier alpha value is -4.01. The Kier molecular flexibility index (Phi) is 11.5. The number of carboxylic acid groups (broad SMARTS) is 1. The fourth-order valence-corrected chi connectivity index (χ4v) is 6.38. The van der Waals surface area contributed by atoms with Gasteiger partial charge < -0.3 is 24.1 Å². The van der Waals surface area contributed by atoms with Crippen LogP contribution in [0.1, 0.15) is 79.4 Å². The van der Waals surface area contributed by atoms with Crippen LogP contribution in [0, 0.1) is 5.92 Å². The van der Waals surface area contributed by atoms with Gasteiger partial charge in [0, 0.05) is 10.9 Å². The minimum absolute atomic E-state index is 0. The standard InChI is InChI=1S/C22H25NO4.C16H15BrO2.CH4/c1-15(23-12-10-18(11-13-23)22(24)25)16-6-8-17(9-7-16)21-14-26-19-4-2-3-5-20(19)27-21;1-11(17)12-6-8-13(9-7-12)16-10-18-14-4-2-3-5-15(14)19-16;/h2-9,15,18,21H,10-14H2,1H3,(H,24,25);2-9,11,16H,10H2,1H3;1H4/t15?,21-;11?,16-;/m11./s1. The van der Waals surface area contributed by atoms with Crippen LogP contribution < -0.4 is 18.9 Å². The van der Waals surface area contributed by atoms with Crippen molar-refractivity contribution in [3.8, 4) is 23.0 Å². The Labute approximate surface area is 286 Å². The number of fused-ring (bicyclic) bond motifs is 2. The Morgan fingerprint density at radius 2 is 1.13 bits per heavy atom. The number of hydrogen-bond acceptors (Lipinski definition) is 6. The second kappa shape index (κ2) is 15.7. The zero-order chi connectivity index (χ0) is 32.0. The maximum atomic E-state index is 11.1. The summed E-state index contributed by atoms with van der Waals surface area (Å²) in [6, 6.07) is 32.8. The molecule has 8 heteroatoms. The van der Waals surface area contributed by atoms with E-state index in [-0.39, 0.29) is 31.6 Å². The molecule has 7 rings (SSSR count). The molecule has 0 spiro atoms. The van der Waals surface area contributed by atoms with Gasteiger partial charge in [-0.15, -0.1) is 0 Å². The summed E-state index contributed by atoms with van der Waals surface area (Å²) >= 11 is 3.57. The number of nitrogens with zero attached hydrogens (tertiary/aromatic N) is 1. The van der Waals surface area contributed by atoms with Crippen LogP contribution >= 0.6 is 15.9 Å². The summed E-state index contributed by atoms with van der Waals surface area (Å²) in [5.41, 5.74) is 4.75. The van der Waals surface area contributed by atoms with E-state index in [1.165, 1.54) is 11.1 Å². The summed E-state index contributed by atoms with van der Waals surface area (Å²) < 4.78 is 23.6. The van der Waals surface area contributed by atoms with E-state index in [2.05, 4.69) is 83.2 Å². The summed E-state index contributed by atoms with van der Waals surface area (Å²) in [5.74, 6) is 2.36. The molecule has 1 N–H and O–H groups in total. The summed E-state index contributed by atoms with van der Waals surface area (Å²) in [7, 11) is 0. The molecule has 3 heterocycles. The van der Waals surface area contributed by atoms with Gasteiger partial charge in [-0.3, -0.25) is 9.69 Å². The second-order valence-corrected chi connectivity index (χ2v) is 13.4. The summed E-state index contributed by atoms with van der Waals surface area (Å²) in [5, 5.41) is 9.16. The van der Waals surface area contributed by atoms with Crippen molar-refractivity contribution in [1.29, 1.82) is 0 Å². The van der Waals surface area contributed by atoms with E-state index >= 15 is 0 Å². The molecule has 3 aliphatic heterocycles. The van der Waals surface area contributed by atoms with Crippen LogP contribution in [0.25, 0.3) is 0 Å². The molecule has 248 valence electrons. The van der Waals surface area contributed by atoms with Crippen LogP contribution in [0.2, 0.25) is 0 Å². The maximum absolute atomic E-state index is 11.1. The van der Waals surface area contributed by atoms with E-state index in [0.29, 0.717) is 18.0 Å². The van der Waals surface area contributed by atoms with Gasteiger partial charge in [0.25, 0.3) is 0 Å². The zero-order valence-electron chi connectivity index (χ0n) is 26.2. The highest BCUT2D eigenvalue weighted by atomic mass is 79.9. The number of hydrogen-bond donors (Lipinski definition) is 1. The number of benzene rings is 4. The van der Waals surface area contributed by atoms with Crippen LogP contribution in [0.15, 0.2) is 97.1 Å². The molecular formula is C39H44BrNO6. The van der Waals surface area contributed by atoms with Crippen LogP contribution in [0.5, 0.6) is 23.0 Å². The average molecular weight is 703 g/mol.